The fraction of sp³-hybridized carbons (Fsp3) is 0.586. The Hall–Kier alpha value is -1.71. The SMILES string of the molecule is CCCCCC1COC(c2ccc(-c3ccc(C4CCC(CC)CC4)cc3)c(F)c2)OC1. The summed E-state index contributed by atoms with van der Waals surface area (Å²) in [6.07, 6.45) is 10.9. The predicted octanol–water partition coefficient (Wildman–Crippen LogP) is 8.42. The third-order valence-corrected chi connectivity index (χ3v) is 7.57. The molecule has 1 aliphatic heterocycles. The van der Waals surface area contributed by atoms with Crippen molar-refractivity contribution in [2.75, 3.05) is 13.2 Å². The van der Waals surface area contributed by atoms with E-state index in [1.165, 1.54) is 56.9 Å². The molecule has 0 bridgehead atoms. The van der Waals surface area contributed by atoms with Crippen LogP contribution in [0.3, 0.4) is 0 Å². The molecule has 32 heavy (non-hydrogen) atoms. The molecule has 0 spiro atoms. The first-order valence-electron chi connectivity index (χ1n) is 12.8. The molecule has 2 nitrogen and oxygen atoms in total. The highest BCUT2D eigenvalue weighted by atomic mass is 19.1. The van der Waals surface area contributed by atoms with E-state index in [1.54, 1.807) is 6.07 Å². The molecule has 1 aliphatic carbocycles. The quantitative estimate of drug-likeness (QED) is 0.385. The van der Waals surface area contributed by atoms with Crippen LogP contribution < -0.4 is 0 Å². The topological polar surface area (TPSA) is 18.5 Å². The summed E-state index contributed by atoms with van der Waals surface area (Å²) in [7, 11) is 0. The lowest BCUT2D eigenvalue weighted by molar-refractivity contribution is -0.206. The molecule has 1 saturated heterocycles. The van der Waals surface area contributed by atoms with Crippen molar-refractivity contribution in [1.82, 2.24) is 0 Å². The Balaban J connectivity index is 1.35. The molecule has 0 radical (unpaired) electrons. The van der Waals surface area contributed by atoms with Crippen LogP contribution in [0.4, 0.5) is 4.39 Å². The van der Waals surface area contributed by atoms with E-state index in [2.05, 4.69) is 38.1 Å². The van der Waals surface area contributed by atoms with Crippen molar-refractivity contribution >= 4 is 0 Å². The Morgan fingerprint density at radius 1 is 0.812 bits per heavy atom. The van der Waals surface area contributed by atoms with E-state index in [0.29, 0.717) is 30.6 Å². The van der Waals surface area contributed by atoms with Crippen LogP contribution in [0.5, 0.6) is 0 Å². The Morgan fingerprint density at radius 3 is 2.12 bits per heavy atom. The van der Waals surface area contributed by atoms with E-state index in [0.717, 1.165) is 23.5 Å². The van der Waals surface area contributed by atoms with Crippen LogP contribution in [-0.4, -0.2) is 13.2 Å². The van der Waals surface area contributed by atoms with Gasteiger partial charge in [0.2, 0.25) is 0 Å². The molecule has 3 heteroatoms. The molecule has 2 fully saturated rings. The summed E-state index contributed by atoms with van der Waals surface area (Å²) in [5, 5.41) is 0. The van der Waals surface area contributed by atoms with Crippen molar-refractivity contribution in [2.24, 2.45) is 11.8 Å². The van der Waals surface area contributed by atoms with Crippen LogP contribution in [0.1, 0.15) is 95.0 Å². The number of halogens is 1. The molecule has 174 valence electrons. The Labute approximate surface area is 193 Å². The lowest BCUT2D eigenvalue weighted by atomic mass is 9.77. The van der Waals surface area contributed by atoms with Gasteiger partial charge in [-0.15, -0.1) is 0 Å². The fourth-order valence-electron chi connectivity index (χ4n) is 5.34. The second kappa shape index (κ2) is 11.4. The van der Waals surface area contributed by atoms with Gasteiger partial charge in [0.1, 0.15) is 5.82 Å². The number of unbranched alkanes of at least 4 members (excludes halogenated alkanes) is 2. The minimum atomic E-state index is -0.457. The first-order chi connectivity index (χ1) is 15.7. The standard InChI is InChI=1S/C29H39FO2/c1-3-5-6-7-22-19-31-29(32-20-22)26-16-17-27(28(30)18-26)25-14-12-24(13-15-25)23-10-8-21(4-2)9-11-23/h12-18,21-23,29H,3-11,19-20H2,1-2H3. The minimum Gasteiger partial charge on any atom is -0.348 e. The van der Waals surface area contributed by atoms with Crippen molar-refractivity contribution in [3.63, 3.8) is 0 Å². The maximum absolute atomic E-state index is 15.0. The maximum Gasteiger partial charge on any atom is 0.183 e. The first-order valence-corrected chi connectivity index (χ1v) is 12.8. The molecular formula is C29H39FO2. The number of hydrogen-bond donors (Lipinski definition) is 0. The summed E-state index contributed by atoms with van der Waals surface area (Å²) in [6.45, 7) is 5.91. The summed E-state index contributed by atoms with van der Waals surface area (Å²) in [6, 6.07) is 13.9. The number of ether oxygens (including phenoxy) is 2. The van der Waals surface area contributed by atoms with Gasteiger partial charge < -0.3 is 9.47 Å². The van der Waals surface area contributed by atoms with Crippen molar-refractivity contribution in [3.8, 4) is 11.1 Å². The van der Waals surface area contributed by atoms with Crippen molar-refractivity contribution in [1.29, 1.82) is 0 Å². The summed E-state index contributed by atoms with van der Waals surface area (Å²) in [5.74, 6) is 1.81. The molecule has 2 aromatic rings. The van der Waals surface area contributed by atoms with Crippen LogP contribution >= 0.6 is 0 Å². The summed E-state index contributed by atoms with van der Waals surface area (Å²) < 4.78 is 26.8. The largest absolute Gasteiger partial charge is 0.348 e. The normalized spacial score (nSPS) is 26.2. The van der Waals surface area contributed by atoms with E-state index in [-0.39, 0.29) is 5.82 Å². The monoisotopic (exact) mass is 438 g/mol. The molecule has 1 saturated carbocycles. The van der Waals surface area contributed by atoms with E-state index < -0.39 is 6.29 Å². The molecular weight excluding hydrogens is 399 g/mol. The van der Waals surface area contributed by atoms with Crippen molar-refractivity contribution < 1.29 is 13.9 Å². The molecule has 0 atom stereocenters. The number of rotatable bonds is 8. The van der Waals surface area contributed by atoms with Crippen molar-refractivity contribution in [3.05, 3.63) is 59.4 Å². The molecule has 0 unspecified atom stereocenters. The van der Waals surface area contributed by atoms with Crippen LogP contribution in [0.2, 0.25) is 0 Å². The van der Waals surface area contributed by atoms with Gasteiger partial charge in [-0.2, -0.15) is 0 Å². The molecule has 2 aliphatic rings. The van der Waals surface area contributed by atoms with Gasteiger partial charge in [0, 0.05) is 17.0 Å². The Morgan fingerprint density at radius 2 is 1.50 bits per heavy atom. The average Bonchev–Trinajstić information content (AvgIpc) is 2.85. The van der Waals surface area contributed by atoms with Crippen LogP contribution in [0, 0.1) is 17.7 Å². The Bertz CT molecular complexity index is 831. The fourth-order valence-corrected chi connectivity index (χ4v) is 5.34. The maximum atomic E-state index is 15.0. The Kier molecular flexibility index (Phi) is 8.37. The van der Waals surface area contributed by atoms with Crippen molar-refractivity contribution in [2.45, 2.75) is 83.8 Å². The second-order valence-electron chi connectivity index (χ2n) is 9.85. The van der Waals surface area contributed by atoms with Crippen LogP contribution in [-0.2, 0) is 9.47 Å². The highest BCUT2D eigenvalue weighted by Gasteiger charge is 2.24. The van der Waals surface area contributed by atoms with Gasteiger partial charge in [-0.25, -0.2) is 4.39 Å². The molecule has 0 N–H and O–H groups in total. The van der Waals surface area contributed by atoms with Gasteiger partial charge in [0.15, 0.2) is 6.29 Å². The zero-order chi connectivity index (χ0) is 22.3. The highest BCUT2D eigenvalue weighted by molar-refractivity contribution is 5.65. The van der Waals surface area contributed by atoms with Gasteiger partial charge >= 0.3 is 0 Å². The third-order valence-electron chi connectivity index (χ3n) is 7.57. The van der Waals surface area contributed by atoms with Gasteiger partial charge in [0.05, 0.1) is 13.2 Å². The third kappa shape index (κ3) is 5.80. The van der Waals surface area contributed by atoms with Gasteiger partial charge in [0.25, 0.3) is 0 Å². The van der Waals surface area contributed by atoms with E-state index in [9.17, 15) is 4.39 Å². The zero-order valence-corrected chi connectivity index (χ0v) is 19.8. The van der Waals surface area contributed by atoms with Gasteiger partial charge in [-0.1, -0.05) is 75.9 Å². The lowest BCUT2D eigenvalue weighted by Crippen LogP contribution is -2.27. The highest BCUT2D eigenvalue weighted by Crippen LogP contribution is 2.38. The van der Waals surface area contributed by atoms with E-state index in [4.69, 9.17) is 9.47 Å². The van der Waals surface area contributed by atoms with Crippen LogP contribution in [0.25, 0.3) is 11.1 Å². The number of benzene rings is 2. The van der Waals surface area contributed by atoms with E-state index >= 15 is 0 Å². The minimum absolute atomic E-state index is 0.212. The molecule has 4 rings (SSSR count). The molecule has 1 heterocycles. The summed E-state index contributed by atoms with van der Waals surface area (Å²) >= 11 is 0. The molecule has 0 amide bonds. The van der Waals surface area contributed by atoms with E-state index in [1.807, 2.05) is 12.1 Å². The molecule has 2 aromatic carbocycles. The van der Waals surface area contributed by atoms with Gasteiger partial charge in [-0.3, -0.25) is 0 Å². The first kappa shape index (κ1) is 23.4. The summed E-state index contributed by atoms with van der Waals surface area (Å²) in [4.78, 5) is 0. The van der Waals surface area contributed by atoms with Gasteiger partial charge in [-0.05, 0) is 61.1 Å². The number of hydrogen-bond acceptors (Lipinski definition) is 2. The zero-order valence-electron chi connectivity index (χ0n) is 19.8. The smallest absolute Gasteiger partial charge is 0.183 e. The lowest BCUT2D eigenvalue weighted by Gasteiger charge is -2.30. The molecule has 0 aromatic heterocycles. The summed E-state index contributed by atoms with van der Waals surface area (Å²) in [5.41, 5.74) is 3.74. The average molecular weight is 439 g/mol. The van der Waals surface area contributed by atoms with Crippen LogP contribution in [0.15, 0.2) is 42.5 Å². The predicted molar refractivity (Wildman–Crippen MR) is 129 cm³/mol. The second-order valence-corrected chi connectivity index (χ2v) is 9.85.